The minimum Gasteiger partial charge on any atom is -0.350 e. The van der Waals surface area contributed by atoms with Crippen LogP contribution in [-0.2, 0) is 24.7 Å². The fraction of sp³-hybridized carbons (Fsp3) is 0.250. The number of hydrogen-bond acceptors (Lipinski definition) is 2. The molecule has 0 aliphatic carbocycles. The molecule has 2 heterocycles. The molecule has 3 aromatic rings. The molecule has 0 aliphatic rings. The summed E-state index contributed by atoms with van der Waals surface area (Å²) in [4.78, 5) is 19.3. The van der Waals surface area contributed by atoms with E-state index in [4.69, 9.17) is 0 Å². The Hall–Kier alpha value is -2.43. The van der Waals surface area contributed by atoms with Crippen LogP contribution in [0.25, 0.3) is 10.9 Å². The minimum absolute atomic E-state index is 0.0713. The van der Waals surface area contributed by atoms with Crippen LogP contribution in [0.1, 0.15) is 17.0 Å². The van der Waals surface area contributed by atoms with Crippen molar-refractivity contribution in [2.24, 2.45) is 7.05 Å². The van der Waals surface area contributed by atoms with Gasteiger partial charge in [0.25, 0.3) is 0 Å². The zero-order chi connectivity index (χ0) is 15.0. The lowest BCUT2D eigenvalue weighted by Crippen LogP contribution is -2.07. The standard InChI is InChI=1S/C16H16FN3O/c1-10-15(19-9-18-10)7-13(21)5-11-8-20(2)16-4-3-12(17)6-14(11)16/h3-4,6,8-9H,5,7H2,1-2H3,(H,18,19). The van der Waals surface area contributed by atoms with Gasteiger partial charge in [-0.2, -0.15) is 0 Å². The van der Waals surface area contributed by atoms with Crippen LogP contribution in [0.3, 0.4) is 0 Å². The third-order valence-electron chi connectivity index (χ3n) is 3.72. The molecule has 0 unspecified atom stereocenters. The van der Waals surface area contributed by atoms with E-state index in [0.29, 0.717) is 6.42 Å². The molecule has 3 rings (SSSR count). The van der Waals surface area contributed by atoms with E-state index in [0.717, 1.165) is 27.9 Å². The van der Waals surface area contributed by atoms with Gasteiger partial charge in [0.2, 0.25) is 0 Å². The van der Waals surface area contributed by atoms with Gasteiger partial charge >= 0.3 is 0 Å². The molecule has 0 saturated carbocycles. The highest BCUT2D eigenvalue weighted by Crippen LogP contribution is 2.22. The van der Waals surface area contributed by atoms with Crippen molar-refractivity contribution in [1.82, 2.24) is 14.5 Å². The molecule has 1 N–H and O–H groups in total. The van der Waals surface area contributed by atoms with E-state index in [1.807, 2.05) is 24.7 Å². The molecule has 0 saturated heterocycles. The summed E-state index contributed by atoms with van der Waals surface area (Å²) in [6.45, 7) is 1.89. The van der Waals surface area contributed by atoms with Gasteiger partial charge < -0.3 is 9.55 Å². The molecule has 2 aromatic heterocycles. The average molecular weight is 285 g/mol. The molecule has 0 atom stereocenters. The topological polar surface area (TPSA) is 50.7 Å². The Morgan fingerprint density at radius 2 is 2.19 bits per heavy atom. The summed E-state index contributed by atoms with van der Waals surface area (Å²) in [5.74, 6) is -0.215. The van der Waals surface area contributed by atoms with Crippen molar-refractivity contribution in [3.8, 4) is 0 Å². The number of aromatic nitrogens is 3. The van der Waals surface area contributed by atoms with E-state index >= 15 is 0 Å². The molecule has 4 nitrogen and oxygen atoms in total. The number of nitrogens with zero attached hydrogens (tertiary/aromatic N) is 2. The minimum atomic E-state index is -0.287. The number of carbonyl (C=O) groups is 1. The van der Waals surface area contributed by atoms with Crippen LogP contribution < -0.4 is 0 Å². The zero-order valence-corrected chi connectivity index (χ0v) is 12.0. The van der Waals surface area contributed by atoms with Gasteiger partial charge in [-0.3, -0.25) is 4.79 Å². The van der Waals surface area contributed by atoms with Crippen LogP contribution in [0.15, 0.2) is 30.7 Å². The molecule has 0 spiro atoms. The van der Waals surface area contributed by atoms with Crippen LogP contribution in [0.4, 0.5) is 4.39 Å². The number of carbonyl (C=O) groups excluding carboxylic acids is 1. The summed E-state index contributed by atoms with van der Waals surface area (Å²) < 4.78 is 15.3. The van der Waals surface area contributed by atoms with Gasteiger partial charge in [-0.1, -0.05) is 0 Å². The van der Waals surface area contributed by atoms with Crippen LogP contribution in [0.5, 0.6) is 0 Å². The normalized spacial score (nSPS) is 11.2. The van der Waals surface area contributed by atoms with Gasteiger partial charge in [0.05, 0.1) is 18.4 Å². The number of halogens is 1. The van der Waals surface area contributed by atoms with Crippen molar-refractivity contribution in [1.29, 1.82) is 0 Å². The lowest BCUT2D eigenvalue weighted by Gasteiger charge is -2.00. The quantitative estimate of drug-likeness (QED) is 0.801. The van der Waals surface area contributed by atoms with Gasteiger partial charge in [0.15, 0.2) is 0 Å². The van der Waals surface area contributed by atoms with Gasteiger partial charge in [0.1, 0.15) is 11.6 Å². The summed E-state index contributed by atoms with van der Waals surface area (Å²) >= 11 is 0. The molecular formula is C16H16FN3O. The molecule has 1 aromatic carbocycles. The second kappa shape index (κ2) is 5.16. The van der Waals surface area contributed by atoms with Crippen molar-refractivity contribution in [3.05, 3.63) is 53.5 Å². The highest BCUT2D eigenvalue weighted by atomic mass is 19.1. The van der Waals surface area contributed by atoms with Gasteiger partial charge in [-0.15, -0.1) is 0 Å². The lowest BCUT2D eigenvalue weighted by atomic mass is 10.0. The molecule has 0 amide bonds. The number of rotatable bonds is 4. The van der Waals surface area contributed by atoms with Crippen molar-refractivity contribution in [3.63, 3.8) is 0 Å². The third kappa shape index (κ3) is 2.59. The molecule has 108 valence electrons. The summed E-state index contributed by atoms with van der Waals surface area (Å²) in [6, 6.07) is 4.65. The number of nitrogens with one attached hydrogen (secondary N) is 1. The molecular weight excluding hydrogens is 269 g/mol. The average Bonchev–Trinajstić information content (AvgIpc) is 2.95. The van der Waals surface area contributed by atoms with Crippen LogP contribution in [-0.4, -0.2) is 20.3 Å². The van der Waals surface area contributed by atoms with Crippen LogP contribution >= 0.6 is 0 Å². The Labute approximate surface area is 121 Å². The largest absolute Gasteiger partial charge is 0.350 e. The number of aromatic amines is 1. The van der Waals surface area contributed by atoms with Gasteiger partial charge in [0, 0.05) is 36.3 Å². The molecule has 0 fully saturated rings. The SMILES string of the molecule is Cc1[nH]cnc1CC(=O)Cc1cn(C)c2ccc(F)cc12. The summed E-state index contributed by atoms with van der Waals surface area (Å²) in [5, 5.41) is 0.796. The Morgan fingerprint density at radius 1 is 1.38 bits per heavy atom. The first-order chi connectivity index (χ1) is 10.0. The lowest BCUT2D eigenvalue weighted by molar-refractivity contribution is -0.117. The van der Waals surface area contributed by atoms with E-state index in [2.05, 4.69) is 9.97 Å². The molecule has 0 aliphatic heterocycles. The second-order valence-electron chi connectivity index (χ2n) is 5.29. The van der Waals surface area contributed by atoms with Crippen molar-refractivity contribution in [2.75, 3.05) is 0 Å². The maximum Gasteiger partial charge on any atom is 0.143 e. The van der Waals surface area contributed by atoms with Crippen molar-refractivity contribution < 1.29 is 9.18 Å². The maximum absolute atomic E-state index is 13.4. The molecule has 0 radical (unpaired) electrons. The fourth-order valence-corrected chi connectivity index (χ4v) is 2.61. The monoisotopic (exact) mass is 285 g/mol. The zero-order valence-electron chi connectivity index (χ0n) is 12.0. The van der Waals surface area contributed by atoms with Gasteiger partial charge in [-0.05, 0) is 30.7 Å². The van der Waals surface area contributed by atoms with Gasteiger partial charge in [-0.25, -0.2) is 9.37 Å². The van der Waals surface area contributed by atoms with E-state index in [-0.39, 0.29) is 18.0 Å². The maximum atomic E-state index is 13.4. The van der Waals surface area contributed by atoms with Crippen LogP contribution in [0.2, 0.25) is 0 Å². The van der Waals surface area contributed by atoms with E-state index < -0.39 is 0 Å². The Morgan fingerprint density at radius 3 is 2.90 bits per heavy atom. The first-order valence-corrected chi connectivity index (χ1v) is 6.78. The number of aryl methyl sites for hydroxylation is 2. The number of hydrogen-bond donors (Lipinski definition) is 1. The molecule has 5 heteroatoms. The number of fused-ring (bicyclic) bond motifs is 1. The van der Waals surface area contributed by atoms with Crippen molar-refractivity contribution >= 4 is 16.7 Å². The number of Topliss-reactive ketones (excluding diaryl/α,β-unsaturated/α-hetero) is 1. The molecule has 21 heavy (non-hydrogen) atoms. The van der Waals surface area contributed by atoms with Crippen molar-refractivity contribution in [2.45, 2.75) is 19.8 Å². The predicted molar refractivity (Wildman–Crippen MR) is 78.6 cm³/mol. The third-order valence-corrected chi connectivity index (χ3v) is 3.72. The van der Waals surface area contributed by atoms with E-state index in [9.17, 15) is 9.18 Å². The van der Waals surface area contributed by atoms with Crippen LogP contribution in [0, 0.1) is 12.7 Å². The predicted octanol–water partition coefficient (Wildman–Crippen LogP) is 2.70. The summed E-state index contributed by atoms with van der Waals surface area (Å²) in [5.41, 5.74) is 3.46. The number of imidazole rings is 1. The Bertz CT molecular complexity index is 816. The second-order valence-corrected chi connectivity index (χ2v) is 5.29. The van der Waals surface area contributed by atoms with E-state index in [1.165, 1.54) is 12.1 Å². The Kier molecular flexibility index (Phi) is 3.33. The van der Waals surface area contributed by atoms with E-state index in [1.54, 1.807) is 12.4 Å². The summed E-state index contributed by atoms with van der Waals surface area (Å²) in [7, 11) is 1.89. The first kappa shape index (κ1) is 13.5. The highest BCUT2D eigenvalue weighted by molar-refractivity contribution is 5.90. The smallest absolute Gasteiger partial charge is 0.143 e. The number of benzene rings is 1. The Balaban J connectivity index is 1.86. The first-order valence-electron chi connectivity index (χ1n) is 6.78. The molecule has 0 bridgehead atoms. The number of ketones is 1. The fourth-order valence-electron chi connectivity index (χ4n) is 2.61. The summed E-state index contributed by atoms with van der Waals surface area (Å²) in [6.07, 6.45) is 4.05. The highest BCUT2D eigenvalue weighted by Gasteiger charge is 2.13. The number of H-pyrrole nitrogens is 1.